The van der Waals surface area contributed by atoms with Crippen LogP contribution in [0.2, 0.25) is 0 Å². The maximum atomic E-state index is 5.98. The largest absolute Gasteiger partial charge is 0.383 e. The molecule has 0 radical (unpaired) electrons. The molecule has 0 amide bonds. The zero-order chi connectivity index (χ0) is 12.3. The van der Waals surface area contributed by atoms with Crippen LogP contribution in [0.1, 0.15) is 11.1 Å². The molecule has 0 atom stereocenters. The second-order valence-electron chi connectivity index (χ2n) is 3.77. The van der Waals surface area contributed by atoms with E-state index >= 15 is 0 Å². The van der Waals surface area contributed by atoms with Gasteiger partial charge in [0.25, 0.3) is 0 Å². The monoisotopic (exact) mass is 288 g/mol. The molecule has 0 heterocycles. The van der Waals surface area contributed by atoms with Crippen molar-refractivity contribution in [2.75, 3.05) is 0 Å². The van der Waals surface area contributed by atoms with Crippen molar-refractivity contribution in [1.29, 1.82) is 0 Å². The Morgan fingerprint density at radius 1 is 1.06 bits per heavy atom. The molecule has 2 nitrogen and oxygen atoms in total. The summed E-state index contributed by atoms with van der Waals surface area (Å²) in [5.74, 6) is 0.525. The molecule has 0 saturated carbocycles. The highest BCUT2D eigenvalue weighted by Crippen LogP contribution is 2.28. The van der Waals surface area contributed by atoms with E-state index in [1.54, 1.807) is 0 Å². The summed E-state index contributed by atoms with van der Waals surface area (Å²) in [7, 11) is 0. The van der Waals surface area contributed by atoms with Gasteiger partial charge in [0.2, 0.25) is 0 Å². The number of halogens is 1. The van der Waals surface area contributed by atoms with Crippen molar-refractivity contribution in [3.05, 3.63) is 64.1 Å². The predicted octanol–water partition coefficient (Wildman–Crippen LogP) is 3.79. The van der Waals surface area contributed by atoms with Crippen LogP contribution >= 0.6 is 15.9 Å². The number of aryl methyl sites for hydroxylation is 1. The molecule has 0 aliphatic carbocycles. The summed E-state index contributed by atoms with van der Waals surface area (Å²) in [5, 5.41) is 0. The Morgan fingerprint density at radius 2 is 1.76 bits per heavy atom. The first-order valence-electron chi connectivity index (χ1n) is 5.33. The van der Waals surface area contributed by atoms with Gasteiger partial charge >= 0.3 is 0 Å². The lowest BCUT2D eigenvalue weighted by atomic mass is 10.2. The Hall–Kier alpha value is -1.61. The van der Waals surface area contributed by atoms with Gasteiger partial charge in [-0.05, 0) is 34.5 Å². The van der Waals surface area contributed by atoms with Crippen LogP contribution in [0.4, 0.5) is 5.69 Å². The van der Waals surface area contributed by atoms with E-state index in [0.29, 0.717) is 5.84 Å². The van der Waals surface area contributed by atoms with Crippen LogP contribution in [-0.2, 0) is 0 Å². The summed E-state index contributed by atoms with van der Waals surface area (Å²) < 4.78 is 0.985. The fraction of sp³-hybridized carbons (Fsp3) is 0.0714. The third-order valence-corrected chi connectivity index (χ3v) is 3.51. The summed E-state index contributed by atoms with van der Waals surface area (Å²) in [6, 6.07) is 15.7. The molecule has 2 aromatic rings. The number of aliphatic imine (C=N–C) groups is 1. The highest BCUT2D eigenvalue weighted by atomic mass is 79.9. The smallest absolute Gasteiger partial charge is 0.131 e. The normalized spacial score (nSPS) is 11.5. The molecule has 2 aromatic carbocycles. The molecular formula is C14H13BrN2. The van der Waals surface area contributed by atoms with Gasteiger partial charge in [0.15, 0.2) is 0 Å². The van der Waals surface area contributed by atoms with Crippen LogP contribution in [0.25, 0.3) is 0 Å². The molecule has 0 aromatic heterocycles. The average Bonchev–Trinajstić information content (AvgIpc) is 2.36. The number of rotatable bonds is 2. The van der Waals surface area contributed by atoms with Crippen LogP contribution in [0, 0.1) is 6.92 Å². The van der Waals surface area contributed by atoms with Gasteiger partial charge in [-0.1, -0.05) is 42.5 Å². The van der Waals surface area contributed by atoms with Gasteiger partial charge < -0.3 is 5.73 Å². The molecule has 2 N–H and O–H groups in total. The highest BCUT2D eigenvalue weighted by Gasteiger charge is 2.02. The second kappa shape index (κ2) is 5.15. The molecule has 0 aliphatic rings. The number of hydrogen-bond donors (Lipinski definition) is 1. The first-order chi connectivity index (χ1) is 8.18. The Morgan fingerprint density at radius 3 is 2.47 bits per heavy atom. The minimum Gasteiger partial charge on any atom is -0.383 e. The molecule has 0 bridgehead atoms. The first kappa shape index (κ1) is 11.9. The molecule has 0 spiro atoms. The van der Waals surface area contributed by atoms with Crippen LogP contribution in [0.15, 0.2) is 58.0 Å². The van der Waals surface area contributed by atoms with Gasteiger partial charge in [-0.15, -0.1) is 0 Å². The lowest BCUT2D eigenvalue weighted by molar-refractivity contribution is 1.37. The quantitative estimate of drug-likeness (QED) is 0.663. The minimum atomic E-state index is 0.525. The van der Waals surface area contributed by atoms with Crippen molar-refractivity contribution in [3.63, 3.8) is 0 Å². The molecule has 0 saturated heterocycles. The van der Waals surface area contributed by atoms with Gasteiger partial charge in [-0.25, -0.2) is 4.99 Å². The zero-order valence-electron chi connectivity index (χ0n) is 9.52. The van der Waals surface area contributed by atoms with Crippen LogP contribution in [0.3, 0.4) is 0 Å². The molecule has 0 unspecified atom stereocenters. The number of amidine groups is 1. The fourth-order valence-electron chi connectivity index (χ4n) is 1.52. The molecular weight excluding hydrogens is 276 g/mol. The summed E-state index contributed by atoms with van der Waals surface area (Å²) in [6.45, 7) is 2.03. The van der Waals surface area contributed by atoms with Crippen LogP contribution in [-0.4, -0.2) is 5.84 Å². The number of hydrogen-bond acceptors (Lipinski definition) is 1. The second-order valence-corrected chi connectivity index (χ2v) is 4.56. The first-order valence-corrected chi connectivity index (χ1v) is 6.12. The van der Waals surface area contributed by atoms with E-state index in [1.165, 1.54) is 0 Å². The third-order valence-electron chi connectivity index (χ3n) is 2.48. The Bertz CT molecular complexity index is 547. The van der Waals surface area contributed by atoms with E-state index in [-0.39, 0.29) is 0 Å². The Kier molecular flexibility index (Phi) is 3.59. The van der Waals surface area contributed by atoms with Gasteiger partial charge in [0, 0.05) is 10.0 Å². The van der Waals surface area contributed by atoms with Crippen LogP contribution in [0.5, 0.6) is 0 Å². The highest BCUT2D eigenvalue weighted by molar-refractivity contribution is 9.10. The van der Waals surface area contributed by atoms with E-state index in [9.17, 15) is 0 Å². The summed E-state index contributed by atoms with van der Waals surface area (Å²) >= 11 is 3.52. The SMILES string of the molecule is Cc1cccc(N=C(N)c2ccccc2)c1Br. The van der Waals surface area contributed by atoms with Crippen molar-refractivity contribution in [2.24, 2.45) is 10.7 Å². The molecule has 86 valence electrons. The Balaban J connectivity index is 2.40. The van der Waals surface area contributed by atoms with Crippen molar-refractivity contribution >= 4 is 27.5 Å². The Labute approximate surface area is 109 Å². The van der Waals surface area contributed by atoms with Crippen LogP contribution < -0.4 is 5.73 Å². The topological polar surface area (TPSA) is 38.4 Å². The average molecular weight is 289 g/mol. The van der Waals surface area contributed by atoms with Crippen molar-refractivity contribution in [1.82, 2.24) is 0 Å². The van der Waals surface area contributed by atoms with E-state index in [0.717, 1.165) is 21.3 Å². The van der Waals surface area contributed by atoms with Gasteiger partial charge in [-0.3, -0.25) is 0 Å². The van der Waals surface area contributed by atoms with Gasteiger partial charge in [0.1, 0.15) is 5.84 Å². The van der Waals surface area contributed by atoms with E-state index in [2.05, 4.69) is 20.9 Å². The van der Waals surface area contributed by atoms with E-state index < -0.39 is 0 Å². The van der Waals surface area contributed by atoms with Gasteiger partial charge in [-0.2, -0.15) is 0 Å². The van der Waals surface area contributed by atoms with Crippen molar-refractivity contribution in [2.45, 2.75) is 6.92 Å². The molecule has 0 aliphatic heterocycles. The van der Waals surface area contributed by atoms with Crippen molar-refractivity contribution < 1.29 is 0 Å². The molecule has 2 rings (SSSR count). The fourth-order valence-corrected chi connectivity index (χ4v) is 1.87. The zero-order valence-corrected chi connectivity index (χ0v) is 11.1. The molecule has 17 heavy (non-hydrogen) atoms. The summed E-state index contributed by atoms with van der Waals surface area (Å²) in [4.78, 5) is 4.44. The van der Waals surface area contributed by atoms with E-state index in [4.69, 9.17) is 5.73 Å². The molecule has 3 heteroatoms. The number of benzene rings is 2. The maximum absolute atomic E-state index is 5.98. The number of nitrogens with two attached hydrogens (primary N) is 1. The third kappa shape index (κ3) is 2.74. The minimum absolute atomic E-state index is 0.525. The number of nitrogens with zero attached hydrogens (tertiary/aromatic N) is 1. The van der Waals surface area contributed by atoms with Crippen molar-refractivity contribution in [3.8, 4) is 0 Å². The molecule has 0 fully saturated rings. The standard InChI is InChI=1S/C14H13BrN2/c1-10-6-5-9-12(13(10)15)17-14(16)11-7-3-2-4-8-11/h2-9H,1H3,(H2,16,17). The predicted molar refractivity (Wildman–Crippen MR) is 75.7 cm³/mol. The maximum Gasteiger partial charge on any atom is 0.131 e. The van der Waals surface area contributed by atoms with E-state index in [1.807, 2.05) is 55.5 Å². The lowest BCUT2D eigenvalue weighted by Crippen LogP contribution is -2.12. The van der Waals surface area contributed by atoms with Gasteiger partial charge in [0.05, 0.1) is 5.69 Å². The summed E-state index contributed by atoms with van der Waals surface area (Å²) in [5.41, 5.74) is 8.91. The lowest BCUT2D eigenvalue weighted by Gasteiger charge is -2.04. The summed E-state index contributed by atoms with van der Waals surface area (Å²) in [6.07, 6.45) is 0.